The average molecular weight is 392 g/mol. The SMILES string of the molecule is O=C(Cn1cnc2sccc2c1=O)Nc1cc2c(cc1Cl)OCCCO2. The van der Waals surface area contributed by atoms with Crippen LogP contribution in [0.2, 0.25) is 5.02 Å². The third kappa shape index (κ3) is 3.25. The number of nitrogens with one attached hydrogen (secondary N) is 1. The number of fused-ring (bicyclic) bond motifs is 2. The van der Waals surface area contributed by atoms with Gasteiger partial charge in [-0.1, -0.05) is 11.6 Å². The highest BCUT2D eigenvalue weighted by Crippen LogP contribution is 2.37. The van der Waals surface area contributed by atoms with Crippen LogP contribution in [-0.4, -0.2) is 28.7 Å². The zero-order valence-electron chi connectivity index (χ0n) is 13.5. The second kappa shape index (κ2) is 6.97. The molecule has 9 heteroatoms. The Labute approximate surface area is 157 Å². The van der Waals surface area contributed by atoms with Gasteiger partial charge in [0.1, 0.15) is 11.4 Å². The Bertz CT molecular complexity index is 1050. The molecule has 1 N–H and O–H groups in total. The molecule has 0 spiro atoms. The lowest BCUT2D eigenvalue weighted by Gasteiger charge is -2.13. The Morgan fingerprint density at radius 1 is 1.31 bits per heavy atom. The predicted octanol–water partition coefficient (Wildman–Crippen LogP) is 2.91. The molecule has 3 aromatic rings. The molecule has 1 aromatic carbocycles. The van der Waals surface area contributed by atoms with Crippen molar-refractivity contribution in [1.29, 1.82) is 0 Å². The van der Waals surface area contributed by atoms with Crippen LogP contribution in [0.3, 0.4) is 0 Å². The molecule has 26 heavy (non-hydrogen) atoms. The normalized spacial score (nSPS) is 13.4. The molecule has 4 rings (SSSR count). The lowest BCUT2D eigenvalue weighted by atomic mass is 10.2. The monoisotopic (exact) mass is 391 g/mol. The van der Waals surface area contributed by atoms with Gasteiger partial charge in [0.2, 0.25) is 5.91 Å². The van der Waals surface area contributed by atoms with Gasteiger partial charge in [-0.3, -0.25) is 14.2 Å². The highest BCUT2D eigenvalue weighted by atomic mass is 35.5. The molecule has 1 amide bonds. The molecule has 0 bridgehead atoms. The van der Waals surface area contributed by atoms with Crippen molar-refractivity contribution < 1.29 is 14.3 Å². The number of aromatic nitrogens is 2. The van der Waals surface area contributed by atoms with Gasteiger partial charge in [-0.15, -0.1) is 11.3 Å². The Morgan fingerprint density at radius 2 is 2.08 bits per heavy atom. The molecule has 1 aliphatic rings. The maximum atomic E-state index is 12.4. The first-order valence-corrected chi connectivity index (χ1v) is 9.19. The number of amides is 1. The minimum atomic E-state index is -0.389. The van der Waals surface area contributed by atoms with Crippen LogP contribution in [0, 0.1) is 0 Å². The van der Waals surface area contributed by atoms with Gasteiger partial charge < -0.3 is 14.8 Å². The van der Waals surface area contributed by atoms with Crippen LogP contribution >= 0.6 is 22.9 Å². The summed E-state index contributed by atoms with van der Waals surface area (Å²) < 4.78 is 12.4. The maximum absolute atomic E-state index is 12.4. The van der Waals surface area contributed by atoms with Gasteiger partial charge >= 0.3 is 0 Å². The van der Waals surface area contributed by atoms with Crippen LogP contribution in [0.15, 0.2) is 34.7 Å². The standard InChI is InChI=1S/C17H14ClN3O4S/c18-11-6-13-14(25-4-1-3-24-13)7-12(11)20-15(22)8-21-9-19-16-10(17(21)23)2-5-26-16/h2,5-7,9H,1,3-4,8H2,(H,20,22). The first-order chi connectivity index (χ1) is 12.6. The van der Waals surface area contributed by atoms with E-state index in [2.05, 4.69) is 10.3 Å². The summed E-state index contributed by atoms with van der Waals surface area (Å²) in [6.45, 7) is 0.919. The van der Waals surface area contributed by atoms with Gasteiger partial charge in [-0.05, 0) is 11.4 Å². The third-order valence-corrected chi connectivity index (χ3v) is 5.01. The number of carbonyl (C=O) groups excluding carboxylic acids is 1. The molecule has 0 radical (unpaired) electrons. The Morgan fingerprint density at radius 3 is 2.88 bits per heavy atom. The molecule has 0 aliphatic carbocycles. The number of anilines is 1. The number of halogens is 1. The number of rotatable bonds is 3. The number of carbonyl (C=O) groups is 1. The Kier molecular flexibility index (Phi) is 4.52. The van der Waals surface area contributed by atoms with Gasteiger partial charge in [0, 0.05) is 18.6 Å². The first kappa shape index (κ1) is 16.9. The van der Waals surface area contributed by atoms with E-state index in [1.807, 2.05) is 0 Å². The maximum Gasteiger partial charge on any atom is 0.262 e. The van der Waals surface area contributed by atoms with Crippen molar-refractivity contribution >= 4 is 44.7 Å². The van der Waals surface area contributed by atoms with Crippen molar-refractivity contribution in [1.82, 2.24) is 9.55 Å². The molecule has 0 unspecified atom stereocenters. The summed E-state index contributed by atoms with van der Waals surface area (Å²) in [6, 6.07) is 4.94. The second-order valence-electron chi connectivity index (χ2n) is 5.69. The van der Waals surface area contributed by atoms with Crippen molar-refractivity contribution in [2.75, 3.05) is 18.5 Å². The fourth-order valence-corrected chi connectivity index (χ4v) is 3.55. The van der Waals surface area contributed by atoms with Crippen LogP contribution < -0.4 is 20.3 Å². The minimum absolute atomic E-state index is 0.164. The van der Waals surface area contributed by atoms with Crippen LogP contribution in [0.25, 0.3) is 10.2 Å². The highest BCUT2D eigenvalue weighted by Gasteiger charge is 2.16. The quantitative estimate of drug-likeness (QED) is 0.742. The summed E-state index contributed by atoms with van der Waals surface area (Å²) in [5.41, 5.74) is 0.148. The number of ether oxygens (including phenoxy) is 2. The van der Waals surface area contributed by atoms with E-state index in [4.69, 9.17) is 21.1 Å². The summed E-state index contributed by atoms with van der Waals surface area (Å²) in [4.78, 5) is 29.6. The van der Waals surface area contributed by atoms with E-state index in [0.29, 0.717) is 45.6 Å². The van der Waals surface area contributed by atoms with Crippen molar-refractivity contribution in [3.05, 3.63) is 45.3 Å². The van der Waals surface area contributed by atoms with Crippen LogP contribution in [0.4, 0.5) is 5.69 Å². The van der Waals surface area contributed by atoms with Gasteiger partial charge in [-0.25, -0.2) is 4.98 Å². The lowest BCUT2D eigenvalue weighted by Crippen LogP contribution is -2.27. The fourth-order valence-electron chi connectivity index (χ4n) is 2.63. The molecule has 0 fully saturated rings. The summed E-state index contributed by atoms with van der Waals surface area (Å²) in [7, 11) is 0. The van der Waals surface area contributed by atoms with E-state index in [0.717, 1.165) is 6.42 Å². The Hall–Kier alpha value is -2.58. The first-order valence-electron chi connectivity index (χ1n) is 7.93. The van der Waals surface area contributed by atoms with E-state index in [1.54, 1.807) is 23.6 Å². The molecule has 0 saturated heterocycles. The van der Waals surface area contributed by atoms with Crippen LogP contribution in [0.1, 0.15) is 6.42 Å². The summed E-state index contributed by atoms with van der Waals surface area (Å²) in [6.07, 6.45) is 2.14. The van der Waals surface area contributed by atoms with Gasteiger partial charge in [0.15, 0.2) is 11.5 Å². The van der Waals surface area contributed by atoms with Gasteiger partial charge in [0.25, 0.3) is 5.56 Å². The van der Waals surface area contributed by atoms with Crippen LogP contribution in [-0.2, 0) is 11.3 Å². The van der Waals surface area contributed by atoms with E-state index in [9.17, 15) is 9.59 Å². The number of hydrogen-bond donors (Lipinski definition) is 1. The molecular formula is C17H14ClN3O4S. The number of nitrogens with zero attached hydrogens (tertiary/aromatic N) is 2. The zero-order chi connectivity index (χ0) is 18.1. The zero-order valence-corrected chi connectivity index (χ0v) is 15.1. The third-order valence-electron chi connectivity index (χ3n) is 3.88. The smallest absolute Gasteiger partial charge is 0.262 e. The lowest BCUT2D eigenvalue weighted by molar-refractivity contribution is -0.116. The summed E-state index contributed by atoms with van der Waals surface area (Å²) >= 11 is 7.61. The Balaban J connectivity index is 1.55. The molecule has 0 atom stereocenters. The van der Waals surface area contributed by atoms with E-state index < -0.39 is 0 Å². The van der Waals surface area contributed by atoms with Crippen molar-refractivity contribution in [3.63, 3.8) is 0 Å². The average Bonchev–Trinajstić information content (AvgIpc) is 2.99. The predicted molar refractivity (Wildman–Crippen MR) is 99.6 cm³/mol. The molecule has 1 aliphatic heterocycles. The molecule has 2 aromatic heterocycles. The minimum Gasteiger partial charge on any atom is -0.490 e. The molecule has 7 nitrogen and oxygen atoms in total. The number of thiophene rings is 1. The summed E-state index contributed by atoms with van der Waals surface area (Å²) in [5, 5.41) is 5.33. The largest absolute Gasteiger partial charge is 0.490 e. The molecule has 134 valence electrons. The van der Waals surface area contributed by atoms with Gasteiger partial charge in [-0.2, -0.15) is 0 Å². The topological polar surface area (TPSA) is 82.5 Å². The van der Waals surface area contributed by atoms with E-state index in [-0.39, 0.29) is 18.0 Å². The van der Waals surface area contributed by atoms with Gasteiger partial charge in [0.05, 0.1) is 35.6 Å². The van der Waals surface area contributed by atoms with E-state index in [1.165, 1.54) is 22.2 Å². The number of benzene rings is 1. The number of hydrogen-bond acceptors (Lipinski definition) is 6. The van der Waals surface area contributed by atoms with E-state index >= 15 is 0 Å². The second-order valence-corrected chi connectivity index (χ2v) is 7.00. The molecule has 3 heterocycles. The van der Waals surface area contributed by atoms with Crippen molar-refractivity contribution in [2.24, 2.45) is 0 Å². The van der Waals surface area contributed by atoms with Crippen molar-refractivity contribution in [3.8, 4) is 11.5 Å². The van der Waals surface area contributed by atoms with Crippen molar-refractivity contribution in [2.45, 2.75) is 13.0 Å². The summed E-state index contributed by atoms with van der Waals surface area (Å²) in [5.74, 6) is 0.689. The van der Waals surface area contributed by atoms with Crippen LogP contribution in [0.5, 0.6) is 11.5 Å². The highest BCUT2D eigenvalue weighted by molar-refractivity contribution is 7.16. The molecule has 0 saturated carbocycles. The fraction of sp³-hybridized carbons (Fsp3) is 0.235. The molecular weight excluding hydrogens is 378 g/mol.